The summed E-state index contributed by atoms with van der Waals surface area (Å²) in [5.74, 6) is -0.0108. The molecule has 1 N–H and O–H groups in total. The predicted molar refractivity (Wildman–Crippen MR) is 160 cm³/mol. The van der Waals surface area contributed by atoms with Crippen LogP contribution in [0, 0.1) is 5.41 Å². The van der Waals surface area contributed by atoms with Crippen molar-refractivity contribution in [2.45, 2.75) is 110 Å². The molecule has 1 aromatic heterocycles. The Bertz CT molecular complexity index is 1290. The van der Waals surface area contributed by atoms with Gasteiger partial charge in [-0.3, -0.25) is 4.98 Å². The van der Waals surface area contributed by atoms with E-state index in [1.165, 1.54) is 12.1 Å². The van der Waals surface area contributed by atoms with Gasteiger partial charge in [-0.25, -0.2) is 0 Å². The second kappa shape index (κ2) is 11.2. The molecule has 1 aliphatic heterocycles. The molecule has 0 radical (unpaired) electrons. The predicted octanol–water partition coefficient (Wildman–Crippen LogP) is 9.14. The van der Waals surface area contributed by atoms with Gasteiger partial charge in [0.1, 0.15) is 6.10 Å². The third-order valence-electron chi connectivity index (χ3n) is 8.99. The van der Waals surface area contributed by atoms with Crippen LogP contribution in [-0.4, -0.2) is 31.6 Å². The average molecular weight is 590 g/mol. The van der Waals surface area contributed by atoms with Gasteiger partial charge in [-0.1, -0.05) is 66.7 Å². The summed E-state index contributed by atoms with van der Waals surface area (Å²) in [6.45, 7) is 20.9. The van der Waals surface area contributed by atoms with Crippen molar-refractivity contribution in [3.8, 4) is 0 Å². The number of rotatable bonds is 6. The molecule has 0 fully saturated rings. The van der Waals surface area contributed by atoms with Gasteiger partial charge >= 0.3 is 6.18 Å². The van der Waals surface area contributed by atoms with E-state index in [2.05, 4.69) is 67.6 Å². The second-order valence-corrected chi connectivity index (χ2v) is 19.0. The molecule has 0 saturated carbocycles. The fourth-order valence-corrected chi connectivity index (χ4v) is 7.03. The number of ether oxygens (including phenoxy) is 1. The van der Waals surface area contributed by atoms with Crippen LogP contribution in [-0.2, 0) is 21.8 Å². The van der Waals surface area contributed by atoms with Gasteiger partial charge in [0.2, 0.25) is 0 Å². The number of nitrogens with zero attached hydrogens (tertiary/aromatic N) is 1. The molecular formula is C33H46F3NO3Si. The SMILES string of the molecule is CC(C)c1nc2c(c(C3=CCOCC3)c1[C@H](O)c1ccc(C(F)(F)F)cc1)[C@@H](O[Si](C)(C)C(C)(C)C)CC(C)(C)C2. The normalized spacial score (nSPS) is 20.5. The van der Waals surface area contributed by atoms with E-state index in [4.69, 9.17) is 14.1 Å². The van der Waals surface area contributed by atoms with Gasteiger partial charge in [-0.2, -0.15) is 13.2 Å². The number of aromatic nitrogens is 1. The maximum absolute atomic E-state index is 13.3. The first-order chi connectivity index (χ1) is 18.8. The largest absolute Gasteiger partial charge is 0.416 e. The summed E-state index contributed by atoms with van der Waals surface area (Å²) in [7, 11) is -2.20. The molecule has 0 unspecified atom stereocenters. The third-order valence-corrected chi connectivity index (χ3v) is 13.5. The smallest absolute Gasteiger partial charge is 0.410 e. The number of halogens is 3. The molecule has 4 nitrogen and oxygen atoms in total. The third kappa shape index (κ3) is 6.66. The van der Waals surface area contributed by atoms with Crippen LogP contribution < -0.4 is 0 Å². The van der Waals surface area contributed by atoms with Gasteiger partial charge in [0, 0.05) is 22.5 Å². The van der Waals surface area contributed by atoms with Crippen molar-refractivity contribution in [2.75, 3.05) is 13.2 Å². The van der Waals surface area contributed by atoms with Crippen LogP contribution in [0.3, 0.4) is 0 Å². The summed E-state index contributed by atoms with van der Waals surface area (Å²) < 4.78 is 52.8. The van der Waals surface area contributed by atoms with Crippen molar-refractivity contribution < 1.29 is 27.4 Å². The van der Waals surface area contributed by atoms with E-state index in [-0.39, 0.29) is 22.5 Å². The first-order valence-corrected chi connectivity index (χ1v) is 17.6. The Balaban J connectivity index is 2.01. The Morgan fingerprint density at radius 2 is 1.73 bits per heavy atom. The van der Waals surface area contributed by atoms with Gasteiger partial charge < -0.3 is 14.3 Å². The maximum Gasteiger partial charge on any atom is 0.416 e. The monoisotopic (exact) mass is 589 g/mol. The average Bonchev–Trinajstić information content (AvgIpc) is 2.85. The van der Waals surface area contributed by atoms with Crippen LogP contribution in [0.25, 0.3) is 5.57 Å². The van der Waals surface area contributed by atoms with Crippen LogP contribution in [0.15, 0.2) is 30.3 Å². The molecule has 0 amide bonds. The Kier molecular flexibility index (Phi) is 8.76. The highest BCUT2D eigenvalue weighted by molar-refractivity contribution is 6.74. The Hall–Kier alpha value is -2.00. The minimum Gasteiger partial charge on any atom is -0.410 e. The van der Waals surface area contributed by atoms with Gasteiger partial charge in [0.25, 0.3) is 0 Å². The number of aliphatic hydroxyl groups excluding tert-OH is 1. The lowest BCUT2D eigenvalue weighted by Crippen LogP contribution is -2.44. The quantitative estimate of drug-likeness (QED) is 0.341. The topological polar surface area (TPSA) is 51.6 Å². The van der Waals surface area contributed by atoms with Crippen LogP contribution in [0.1, 0.15) is 119 Å². The van der Waals surface area contributed by atoms with Crippen molar-refractivity contribution in [2.24, 2.45) is 5.41 Å². The number of hydrogen-bond acceptors (Lipinski definition) is 4. The number of alkyl halides is 3. The van der Waals surface area contributed by atoms with Gasteiger partial charge in [-0.15, -0.1) is 0 Å². The van der Waals surface area contributed by atoms with Crippen molar-refractivity contribution in [1.29, 1.82) is 0 Å². The van der Waals surface area contributed by atoms with Gasteiger partial charge in [-0.05, 0) is 77.6 Å². The highest BCUT2D eigenvalue weighted by atomic mass is 28.4. The minimum atomic E-state index is -4.45. The molecule has 41 heavy (non-hydrogen) atoms. The van der Waals surface area contributed by atoms with E-state index in [9.17, 15) is 18.3 Å². The first-order valence-electron chi connectivity index (χ1n) is 14.7. The minimum absolute atomic E-state index is 0.000732. The Morgan fingerprint density at radius 1 is 1.10 bits per heavy atom. The number of aliphatic hydroxyl groups is 1. The zero-order valence-electron chi connectivity index (χ0n) is 26.0. The van der Waals surface area contributed by atoms with Gasteiger partial charge in [0.05, 0.1) is 24.9 Å². The maximum atomic E-state index is 13.3. The van der Waals surface area contributed by atoms with Crippen molar-refractivity contribution >= 4 is 13.9 Å². The highest BCUT2D eigenvalue weighted by Gasteiger charge is 2.45. The number of hydrogen-bond donors (Lipinski definition) is 1. The van der Waals surface area contributed by atoms with Gasteiger partial charge in [0.15, 0.2) is 8.32 Å². The molecule has 1 aromatic carbocycles. The summed E-state index contributed by atoms with van der Waals surface area (Å²) in [5.41, 5.74) is 5.17. The lowest BCUT2D eigenvalue weighted by molar-refractivity contribution is -0.137. The molecule has 1 aliphatic carbocycles. The van der Waals surface area contributed by atoms with E-state index >= 15 is 0 Å². The summed E-state index contributed by atoms with van der Waals surface area (Å²) in [6.07, 6.45) is -1.43. The molecule has 2 aliphatic rings. The summed E-state index contributed by atoms with van der Waals surface area (Å²) in [4.78, 5) is 5.25. The van der Waals surface area contributed by atoms with E-state index in [1.807, 2.05) is 0 Å². The van der Waals surface area contributed by atoms with Crippen LogP contribution in [0.2, 0.25) is 18.1 Å². The molecule has 4 rings (SSSR count). The molecule has 2 aromatic rings. The molecule has 0 saturated heterocycles. The summed E-state index contributed by atoms with van der Waals surface area (Å²) in [5, 5.41) is 12.0. The summed E-state index contributed by atoms with van der Waals surface area (Å²) >= 11 is 0. The lowest BCUT2D eigenvalue weighted by Gasteiger charge is -2.45. The van der Waals surface area contributed by atoms with E-state index < -0.39 is 26.2 Å². The van der Waals surface area contributed by atoms with Crippen LogP contribution in [0.4, 0.5) is 13.2 Å². The fraction of sp³-hybridized carbons (Fsp3) is 0.606. The zero-order chi connectivity index (χ0) is 30.5. The van der Waals surface area contributed by atoms with Crippen molar-refractivity contribution in [3.05, 3.63) is 69.5 Å². The number of benzene rings is 1. The summed E-state index contributed by atoms with van der Waals surface area (Å²) in [6, 6.07) is 4.84. The number of pyridine rings is 1. The molecule has 0 bridgehead atoms. The molecular weight excluding hydrogens is 543 g/mol. The number of fused-ring (bicyclic) bond motifs is 1. The molecule has 2 heterocycles. The van der Waals surface area contributed by atoms with E-state index in [0.717, 1.165) is 53.1 Å². The van der Waals surface area contributed by atoms with Crippen molar-refractivity contribution in [1.82, 2.24) is 4.98 Å². The molecule has 226 valence electrons. The molecule has 0 spiro atoms. The van der Waals surface area contributed by atoms with E-state index in [1.54, 1.807) is 0 Å². The van der Waals surface area contributed by atoms with Crippen LogP contribution in [0.5, 0.6) is 0 Å². The zero-order valence-corrected chi connectivity index (χ0v) is 27.0. The van der Waals surface area contributed by atoms with Crippen molar-refractivity contribution in [3.63, 3.8) is 0 Å². The molecule has 8 heteroatoms. The Morgan fingerprint density at radius 3 is 2.24 bits per heavy atom. The standard InChI is InChI=1S/C33H46F3NO3Si/c1-20(2)29-28(30(38)22-10-12-23(13-11-22)33(34,35)36)26(21-14-16-39-17-15-21)27-24(37-29)18-32(6,7)19-25(27)40-41(8,9)31(3,4)5/h10-14,20,25,30,38H,15-19H2,1-9H3/t25-,30+/m0/s1. The Labute approximate surface area is 244 Å². The van der Waals surface area contributed by atoms with E-state index in [0.29, 0.717) is 30.8 Å². The molecule has 2 atom stereocenters. The highest BCUT2D eigenvalue weighted by Crippen LogP contribution is 2.51. The fourth-order valence-electron chi connectivity index (χ4n) is 5.77. The lowest BCUT2D eigenvalue weighted by atomic mass is 9.71. The first kappa shape index (κ1) is 31.9. The second-order valence-electron chi connectivity index (χ2n) is 14.3. The van der Waals surface area contributed by atoms with Crippen LogP contribution >= 0.6 is 0 Å².